The smallest absolute Gasteiger partial charge is 0.0577 e. The second-order valence-corrected chi connectivity index (χ2v) is 5.72. The SMILES string of the molecule is CC=CC(CCCCCCC)CC(CCCOC)OC. The van der Waals surface area contributed by atoms with Gasteiger partial charge >= 0.3 is 0 Å². The van der Waals surface area contributed by atoms with Gasteiger partial charge in [-0.05, 0) is 38.5 Å². The van der Waals surface area contributed by atoms with E-state index in [1.54, 1.807) is 7.11 Å². The van der Waals surface area contributed by atoms with Gasteiger partial charge in [0.15, 0.2) is 0 Å². The summed E-state index contributed by atoms with van der Waals surface area (Å²) in [5, 5.41) is 0. The fourth-order valence-electron chi connectivity index (χ4n) is 2.70. The lowest BCUT2D eigenvalue weighted by Gasteiger charge is -2.20. The maximum absolute atomic E-state index is 5.63. The van der Waals surface area contributed by atoms with Crippen LogP contribution in [0.4, 0.5) is 0 Å². The van der Waals surface area contributed by atoms with Gasteiger partial charge in [-0.25, -0.2) is 0 Å². The molecule has 0 amide bonds. The molecule has 0 aromatic heterocycles. The Morgan fingerprint density at radius 3 is 2.30 bits per heavy atom. The average Bonchev–Trinajstić information content (AvgIpc) is 2.46. The van der Waals surface area contributed by atoms with Crippen LogP contribution >= 0.6 is 0 Å². The lowest BCUT2D eigenvalue weighted by molar-refractivity contribution is 0.0674. The van der Waals surface area contributed by atoms with Crippen molar-refractivity contribution in [2.45, 2.75) is 77.7 Å². The van der Waals surface area contributed by atoms with Crippen LogP contribution in [0.3, 0.4) is 0 Å². The lowest BCUT2D eigenvalue weighted by atomic mass is 9.92. The maximum Gasteiger partial charge on any atom is 0.0577 e. The molecule has 0 aliphatic heterocycles. The molecule has 0 saturated heterocycles. The minimum Gasteiger partial charge on any atom is -0.385 e. The van der Waals surface area contributed by atoms with Crippen molar-refractivity contribution < 1.29 is 9.47 Å². The van der Waals surface area contributed by atoms with E-state index in [2.05, 4.69) is 26.0 Å². The molecular formula is C18H36O2. The Hall–Kier alpha value is -0.340. The standard InChI is InChI=1S/C18H36O2/c1-5-7-8-9-10-13-17(12-6-2)16-18(20-4)14-11-15-19-3/h6,12,17-18H,5,7-11,13-16H2,1-4H3. The van der Waals surface area contributed by atoms with Crippen molar-refractivity contribution in [3.05, 3.63) is 12.2 Å². The first-order valence-electron chi connectivity index (χ1n) is 8.42. The highest BCUT2D eigenvalue weighted by molar-refractivity contribution is 4.87. The fourth-order valence-corrected chi connectivity index (χ4v) is 2.70. The van der Waals surface area contributed by atoms with Gasteiger partial charge in [0, 0.05) is 20.8 Å². The molecule has 0 saturated carbocycles. The Morgan fingerprint density at radius 2 is 1.70 bits per heavy atom. The molecule has 2 atom stereocenters. The van der Waals surface area contributed by atoms with E-state index in [0.29, 0.717) is 12.0 Å². The van der Waals surface area contributed by atoms with Gasteiger partial charge in [0.2, 0.25) is 0 Å². The van der Waals surface area contributed by atoms with Crippen LogP contribution in [-0.4, -0.2) is 26.9 Å². The van der Waals surface area contributed by atoms with Gasteiger partial charge in [-0.2, -0.15) is 0 Å². The van der Waals surface area contributed by atoms with Crippen molar-refractivity contribution in [1.29, 1.82) is 0 Å². The quantitative estimate of drug-likeness (QED) is 0.315. The molecule has 0 aromatic carbocycles. The van der Waals surface area contributed by atoms with Crippen LogP contribution in [0, 0.1) is 5.92 Å². The number of ether oxygens (including phenoxy) is 2. The van der Waals surface area contributed by atoms with Crippen molar-refractivity contribution in [3.63, 3.8) is 0 Å². The molecule has 0 spiro atoms. The van der Waals surface area contributed by atoms with Crippen LogP contribution in [0.15, 0.2) is 12.2 Å². The van der Waals surface area contributed by atoms with Gasteiger partial charge in [-0.15, -0.1) is 0 Å². The van der Waals surface area contributed by atoms with Gasteiger partial charge in [-0.3, -0.25) is 0 Å². The Labute approximate surface area is 126 Å². The predicted octanol–water partition coefficient (Wildman–Crippen LogP) is 5.37. The molecule has 0 aliphatic rings. The summed E-state index contributed by atoms with van der Waals surface area (Å²) in [5.41, 5.74) is 0. The maximum atomic E-state index is 5.63. The number of hydrogen-bond donors (Lipinski definition) is 0. The molecule has 120 valence electrons. The topological polar surface area (TPSA) is 18.5 Å². The van der Waals surface area contributed by atoms with Gasteiger partial charge in [0.25, 0.3) is 0 Å². The van der Waals surface area contributed by atoms with Crippen molar-refractivity contribution in [2.24, 2.45) is 5.92 Å². The molecule has 0 fully saturated rings. The molecular weight excluding hydrogens is 248 g/mol. The summed E-state index contributed by atoms with van der Waals surface area (Å²) >= 11 is 0. The Morgan fingerprint density at radius 1 is 0.950 bits per heavy atom. The fraction of sp³-hybridized carbons (Fsp3) is 0.889. The Balaban J connectivity index is 3.95. The normalized spacial score (nSPS) is 14.8. The largest absolute Gasteiger partial charge is 0.385 e. The molecule has 0 N–H and O–H groups in total. The molecule has 2 nitrogen and oxygen atoms in total. The molecule has 0 bridgehead atoms. The van der Waals surface area contributed by atoms with Crippen molar-refractivity contribution in [3.8, 4) is 0 Å². The summed E-state index contributed by atoms with van der Waals surface area (Å²) in [4.78, 5) is 0. The second-order valence-electron chi connectivity index (χ2n) is 5.72. The van der Waals surface area contributed by atoms with Crippen molar-refractivity contribution in [2.75, 3.05) is 20.8 Å². The van der Waals surface area contributed by atoms with E-state index >= 15 is 0 Å². The third-order valence-electron chi connectivity index (χ3n) is 3.92. The summed E-state index contributed by atoms with van der Waals surface area (Å²) in [6.45, 7) is 5.23. The monoisotopic (exact) mass is 284 g/mol. The van der Waals surface area contributed by atoms with E-state index in [1.807, 2.05) is 7.11 Å². The average molecular weight is 284 g/mol. The van der Waals surface area contributed by atoms with E-state index in [1.165, 1.54) is 38.5 Å². The first-order chi connectivity index (χ1) is 9.78. The lowest BCUT2D eigenvalue weighted by Crippen LogP contribution is -2.16. The summed E-state index contributed by atoms with van der Waals surface area (Å²) in [5.74, 6) is 0.675. The van der Waals surface area contributed by atoms with Crippen LogP contribution < -0.4 is 0 Å². The molecule has 2 unspecified atom stereocenters. The summed E-state index contributed by atoms with van der Waals surface area (Å²) < 4.78 is 10.8. The van der Waals surface area contributed by atoms with Crippen LogP contribution in [-0.2, 0) is 9.47 Å². The van der Waals surface area contributed by atoms with Crippen LogP contribution in [0.25, 0.3) is 0 Å². The first-order valence-corrected chi connectivity index (χ1v) is 8.42. The van der Waals surface area contributed by atoms with Crippen LogP contribution in [0.1, 0.15) is 71.6 Å². The summed E-state index contributed by atoms with van der Waals surface area (Å²) in [7, 11) is 3.60. The minimum atomic E-state index is 0.377. The highest BCUT2D eigenvalue weighted by Gasteiger charge is 2.13. The third kappa shape index (κ3) is 11.5. The molecule has 2 heteroatoms. The van der Waals surface area contributed by atoms with Gasteiger partial charge < -0.3 is 9.47 Å². The number of rotatable bonds is 14. The molecule has 0 rings (SSSR count). The molecule has 0 aromatic rings. The molecule has 0 heterocycles. The first kappa shape index (κ1) is 19.7. The third-order valence-corrected chi connectivity index (χ3v) is 3.92. The van der Waals surface area contributed by atoms with Gasteiger partial charge in [0.05, 0.1) is 6.10 Å². The zero-order valence-corrected chi connectivity index (χ0v) is 14.2. The molecule has 0 radical (unpaired) electrons. The summed E-state index contributed by atoms with van der Waals surface area (Å²) in [6, 6.07) is 0. The van der Waals surface area contributed by atoms with Gasteiger partial charge in [0.1, 0.15) is 0 Å². The van der Waals surface area contributed by atoms with Crippen molar-refractivity contribution >= 4 is 0 Å². The zero-order valence-electron chi connectivity index (χ0n) is 14.2. The van der Waals surface area contributed by atoms with Gasteiger partial charge in [-0.1, -0.05) is 51.2 Å². The van der Waals surface area contributed by atoms with Crippen LogP contribution in [0.5, 0.6) is 0 Å². The van der Waals surface area contributed by atoms with Crippen molar-refractivity contribution in [1.82, 2.24) is 0 Å². The van der Waals surface area contributed by atoms with E-state index in [4.69, 9.17) is 9.47 Å². The number of hydrogen-bond acceptors (Lipinski definition) is 2. The summed E-state index contributed by atoms with van der Waals surface area (Å²) in [6.07, 6.45) is 16.4. The van der Waals surface area contributed by atoms with E-state index in [-0.39, 0.29) is 0 Å². The molecule has 0 aliphatic carbocycles. The number of unbranched alkanes of at least 4 members (excludes halogenated alkanes) is 4. The minimum absolute atomic E-state index is 0.377. The number of methoxy groups -OCH3 is 2. The molecule has 20 heavy (non-hydrogen) atoms. The second kappa shape index (κ2) is 15.1. The van der Waals surface area contributed by atoms with E-state index in [0.717, 1.165) is 25.9 Å². The zero-order chi connectivity index (χ0) is 15.1. The predicted molar refractivity (Wildman–Crippen MR) is 88.2 cm³/mol. The highest BCUT2D eigenvalue weighted by atomic mass is 16.5. The number of allylic oxidation sites excluding steroid dienone is 2. The highest BCUT2D eigenvalue weighted by Crippen LogP contribution is 2.21. The van der Waals surface area contributed by atoms with Crippen LogP contribution in [0.2, 0.25) is 0 Å². The van der Waals surface area contributed by atoms with E-state index in [9.17, 15) is 0 Å². The Kier molecular flexibility index (Phi) is 14.8. The van der Waals surface area contributed by atoms with E-state index < -0.39 is 0 Å². The Bertz CT molecular complexity index is 213.